The lowest BCUT2D eigenvalue weighted by Crippen LogP contribution is -2.26. The molecule has 2 heterocycles. The van der Waals surface area contributed by atoms with Crippen LogP contribution in [0.4, 0.5) is 5.69 Å². The van der Waals surface area contributed by atoms with E-state index in [1.807, 2.05) is 32.0 Å². The van der Waals surface area contributed by atoms with E-state index in [0.717, 1.165) is 29.2 Å². The van der Waals surface area contributed by atoms with Gasteiger partial charge in [0, 0.05) is 50.6 Å². The van der Waals surface area contributed by atoms with Gasteiger partial charge in [-0.3, -0.25) is 4.79 Å². The maximum Gasteiger partial charge on any atom is 0.222 e. The van der Waals surface area contributed by atoms with E-state index in [-0.39, 0.29) is 11.8 Å². The zero-order valence-electron chi connectivity index (χ0n) is 14.5. The number of anilines is 1. The predicted molar refractivity (Wildman–Crippen MR) is 94.5 cm³/mol. The van der Waals surface area contributed by atoms with Gasteiger partial charge in [-0.05, 0) is 30.7 Å². The molecule has 24 heavy (non-hydrogen) atoms. The second-order valence-corrected chi connectivity index (χ2v) is 6.95. The minimum absolute atomic E-state index is 0.126. The lowest BCUT2D eigenvalue weighted by Gasteiger charge is -2.19. The summed E-state index contributed by atoms with van der Waals surface area (Å²) in [5, 5.41) is 0.700. The van der Waals surface area contributed by atoms with Crippen molar-refractivity contribution < 1.29 is 9.21 Å². The van der Waals surface area contributed by atoms with Crippen molar-refractivity contribution in [3.63, 3.8) is 0 Å². The average molecular weight is 348 g/mol. The molecule has 0 N–H and O–H groups in total. The van der Waals surface area contributed by atoms with Gasteiger partial charge in [0.15, 0.2) is 5.89 Å². The molecule has 128 valence electrons. The largest absolute Gasteiger partial charge is 0.446 e. The number of benzene rings is 1. The summed E-state index contributed by atoms with van der Waals surface area (Å²) < 4.78 is 5.54. The molecule has 1 aliphatic rings. The number of fused-ring (bicyclic) bond motifs is 1. The van der Waals surface area contributed by atoms with Gasteiger partial charge in [0.05, 0.1) is 6.54 Å². The summed E-state index contributed by atoms with van der Waals surface area (Å²) in [4.78, 5) is 20.5. The fraction of sp³-hybridized carbons (Fsp3) is 0.444. The predicted octanol–water partition coefficient (Wildman–Crippen LogP) is 3.53. The Morgan fingerprint density at radius 1 is 1.42 bits per heavy atom. The van der Waals surface area contributed by atoms with Crippen molar-refractivity contribution in [1.29, 1.82) is 0 Å². The summed E-state index contributed by atoms with van der Waals surface area (Å²) in [6.07, 6.45) is 0.480. The van der Waals surface area contributed by atoms with Crippen molar-refractivity contribution in [3.05, 3.63) is 46.1 Å². The molecule has 1 aromatic carbocycles. The molecule has 3 rings (SSSR count). The monoisotopic (exact) mass is 347 g/mol. The maximum absolute atomic E-state index is 12.2. The van der Waals surface area contributed by atoms with Gasteiger partial charge in [-0.25, -0.2) is 4.98 Å². The quantitative estimate of drug-likeness (QED) is 0.849. The lowest BCUT2D eigenvalue weighted by molar-refractivity contribution is -0.129. The van der Waals surface area contributed by atoms with Crippen LogP contribution in [0.5, 0.6) is 0 Å². The highest BCUT2D eigenvalue weighted by atomic mass is 35.5. The van der Waals surface area contributed by atoms with E-state index >= 15 is 0 Å². The third-order valence-corrected chi connectivity index (χ3v) is 4.71. The SMILES string of the molecule is Cc1nc(CN2CC(CC(=O)N(C)C)c3cc(Cl)ccc32)c(C)o1. The molecule has 1 atom stereocenters. The number of oxazole rings is 1. The Morgan fingerprint density at radius 3 is 2.79 bits per heavy atom. The maximum atomic E-state index is 12.2. The Morgan fingerprint density at radius 2 is 2.17 bits per heavy atom. The van der Waals surface area contributed by atoms with Gasteiger partial charge in [0.25, 0.3) is 0 Å². The highest BCUT2D eigenvalue weighted by molar-refractivity contribution is 6.30. The van der Waals surface area contributed by atoms with E-state index in [2.05, 4.69) is 9.88 Å². The molecule has 0 saturated heterocycles. The highest BCUT2D eigenvalue weighted by Gasteiger charge is 2.31. The van der Waals surface area contributed by atoms with Gasteiger partial charge in [0.1, 0.15) is 11.5 Å². The van der Waals surface area contributed by atoms with Crippen LogP contribution >= 0.6 is 11.6 Å². The van der Waals surface area contributed by atoms with Crippen molar-refractivity contribution in [3.8, 4) is 0 Å². The molecule has 0 saturated carbocycles. The number of nitrogens with zero attached hydrogens (tertiary/aromatic N) is 3. The van der Waals surface area contributed by atoms with Crippen LogP contribution in [0.1, 0.15) is 35.2 Å². The topological polar surface area (TPSA) is 49.6 Å². The number of carbonyl (C=O) groups is 1. The van der Waals surface area contributed by atoms with Crippen LogP contribution in [-0.4, -0.2) is 36.4 Å². The smallest absolute Gasteiger partial charge is 0.222 e. The number of carbonyl (C=O) groups excluding carboxylic acids is 1. The fourth-order valence-electron chi connectivity index (χ4n) is 3.22. The van der Waals surface area contributed by atoms with Gasteiger partial charge >= 0.3 is 0 Å². The molecule has 1 amide bonds. The van der Waals surface area contributed by atoms with Crippen molar-refractivity contribution >= 4 is 23.2 Å². The van der Waals surface area contributed by atoms with Crippen LogP contribution in [0.25, 0.3) is 0 Å². The van der Waals surface area contributed by atoms with Crippen molar-refractivity contribution in [1.82, 2.24) is 9.88 Å². The zero-order valence-corrected chi connectivity index (χ0v) is 15.2. The van der Waals surface area contributed by atoms with Crippen LogP contribution in [0.15, 0.2) is 22.6 Å². The summed E-state index contributed by atoms with van der Waals surface area (Å²) >= 11 is 6.18. The van der Waals surface area contributed by atoms with E-state index in [0.29, 0.717) is 23.9 Å². The normalized spacial score (nSPS) is 16.4. The molecular weight excluding hydrogens is 326 g/mol. The Labute approximate surface area is 147 Å². The summed E-state index contributed by atoms with van der Waals surface area (Å²) in [5.41, 5.74) is 3.19. The van der Waals surface area contributed by atoms with E-state index < -0.39 is 0 Å². The van der Waals surface area contributed by atoms with Crippen molar-refractivity contribution in [2.45, 2.75) is 32.7 Å². The Hall–Kier alpha value is -2.01. The molecule has 1 unspecified atom stereocenters. The first-order valence-corrected chi connectivity index (χ1v) is 8.40. The third-order valence-electron chi connectivity index (χ3n) is 4.47. The van der Waals surface area contributed by atoms with Crippen molar-refractivity contribution in [2.24, 2.45) is 0 Å². The van der Waals surface area contributed by atoms with Gasteiger partial charge < -0.3 is 14.2 Å². The molecule has 0 fully saturated rings. The molecule has 5 nitrogen and oxygen atoms in total. The van der Waals surface area contributed by atoms with Gasteiger partial charge in [-0.2, -0.15) is 0 Å². The Kier molecular flexibility index (Phi) is 4.54. The molecule has 6 heteroatoms. The van der Waals surface area contributed by atoms with Crippen LogP contribution in [0, 0.1) is 13.8 Å². The second kappa shape index (κ2) is 6.48. The summed E-state index contributed by atoms with van der Waals surface area (Å²) in [6, 6.07) is 5.90. The zero-order chi connectivity index (χ0) is 17.4. The van der Waals surface area contributed by atoms with Crippen LogP contribution < -0.4 is 4.90 Å². The molecule has 2 aromatic rings. The van der Waals surface area contributed by atoms with Crippen molar-refractivity contribution in [2.75, 3.05) is 25.5 Å². The lowest BCUT2D eigenvalue weighted by atomic mass is 9.97. The van der Waals surface area contributed by atoms with E-state index in [4.69, 9.17) is 16.0 Å². The van der Waals surface area contributed by atoms with Gasteiger partial charge in [-0.15, -0.1) is 0 Å². The van der Waals surface area contributed by atoms with E-state index in [1.165, 1.54) is 0 Å². The third kappa shape index (κ3) is 3.26. The number of rotatable bonds is 4. The van der Waals surface area contributed by atoms with Crippen LogP contribution in [0.2, 0.25) is 5.02 Å². The summed E-state index contributed by atoms with van der Waals surface area (Å²) in [5.74, 6) is 1.79. The summed E-state index contributed by atoms with van der Waals surface area (Å²) in [6.45, 7) is 5.24. The minimum atomic E-state index is 0.126. The first kappa shape index (κ1) is 16.8. The molecule has 1 aliphatic heterocycles. The number of aromatic nitrogens is 1. The number of amides is 1. The molecule has 1 aromatic heterocycles. The van der Waals surface area contributed by atoms with Crippen LogP contribution in [-0.2, 0) is 11.3 Å². The molecule has 0 aliphatic carbocycles. The molecule has 0 bridgehead atoms. The molecule has 0 spiro atoms. The first-order valence-electron chi connectivity index (χ1n) is 8.02. The Bertz CT molecular complexity index is 770. The Balaban J connectivity index is 1.87. The molecular formula is C18H22ClN3O2. The van der Waals surface area contributed by atoms with Gasteiger partial charge in [0.2, 0.25) is 5.91 Å². The van der Waals surface area contributed by atoms with Crippen LogP contribution in [0.3, 0.4) is 0 Å². The second-order valence-electron chi connectivity index (χ2n) is 6.51. The standard InChI is InChI=1S/C18H22ClN3O2/c1-11-16(20-12(2)24-11)10-22-9-13(7-18(23)21(3)4)15-8-14(19)5-6-17(15)22/h5-6,8,13H,7,9-10H2,1-4H3. The van der Waals surface area contributed by atoms with Gasteiger partial charge in [-0.1, -0.05) is 11.6 Å². The first-order chi connectivity index (χ1) is 11.3. The number of halogens is 1. The average Bonchev–Trinajstić information content (AvgIpc) is 2.99. The summed E-state index contributed by atoms with van der Waals surface area (Å²) in [7, 11) is 3.57. The number of hydrogen-bond acceptors (Lipinski definition) is 4. The number of hydrogen-bond donors (Lipinski definition) is 0. The van der Waals surface area contributed by atoms with E-state index in [9.17, 15) is 4.79 Å². The highest BCUT2D eigenvalue weighted by Crippen LogP contribution is 2.40. The minimum Gasteiger partial charge on any atom is -0.446 e. The van der Waals surface area contributed by atoms with E-state index in [1.54, 1.807) is 19.0 Å². The molecule has 0 radical (unpaired) electrons. The number of aryl methyl sites for hydroxylation is 2. The fourth-order valence-corrected chi connectivity index (χ4v) is 3.40.